The monoisotopic (exact) mass is 291 g/mol. The number of nitrogens with zero attached hydrogens (tertiary/aromatic N) is 3. The third-order valence-corrected chi connectivity index (χ3v) is 4.27. The number of anilines is 1. The molecule has 1 saturated heterocycles. The normalized spacial score (nSPS) is 18.2. The van der Waals surface area contributed by atoms with Crippen molar-refractivity contribution in [1.29, 1.82) is 0 Å². The van der Waals surface area contributed by atoms with Gasteiger partial charge in [-0.05, 0) is 38.2 Å². The highest BCUT2D eigenvalue weighted by Crippen LogP contribution is 2.21. The van der Waals surface area contributed by atoms with Crippen LogP contribution in [0.5, 0.6) is 0 Å². The molecule has 21 heavy (non-hydrogen) atoms. The molecule has 1 aliphatic rings. The van der Waals surface area contributed by atoms with Crippen molar-refractivity contribution in [3.63, 3.8) is 0 Å². The summed E-state index contributed by atoms with van der Waals surface area (Å²) < 4.78 is 0. The Labute approximate surface area is 129 Å². The van der Waals surface area contributed by atoms with Crippen LogP contribution in [-0.4, -0.2) is 68.3 Å². The lowest BCUT2D eigenvalue weighted by atomic mass is 10.1. The lowest BCUT2D eigenvalue weighted by Crippen LogP contribution is -2.48. The maximum absolute atomic E-state index is 9.84. The van der Waals surface area contributed by atoms with E-state index in [9.17, 15) is 5.11 Å². The Morgan fingerprint density at radius 2 is 1.71 bits per heavy atom. The number of likely N-dealkylation sites (N-methyl/N-ethyl adjacent to an activating group) is 1. The molecular formula is C17H29N3O. The summed E-state index contributed by atoms with van der Waals surface area (Å²) >= 11 is 0. The Kier molecular flexibility index (Phi) is 6.03. The summed E-state index contributed by atoms with van der Waals surface area (Å²) in [5, 5.41) is 9.84. The van der Waals surface area contributed by atoms with Gasteiger partial charge in [0.1, 0.15) is 0 Å². The second kappa shape index (κ2) is 7.78. The molecule has 0 saturated carbocycles. The maximum Gasteiger partial charge on any atom is 0.0787 e. The maximum atomic E-state index is 9.84. The zero-order chi connectivity index (χ0) is 15.2. The van der Waals surface area contributed by atoms with Crippen LogP contribution < -0.4 is 4.90 Å². The van der Waals surface area contributed by atoms with E-state index in [1.165, 1.54) is 5.69 Å². The fraction of sp³-hybridized carbons (Fsp3) is 0.647. The molecule has 0 aliphatic carbocycles. The van der Waals surface area contributed by atoms with Gasteiger partial charge in [0.2, 0.25) is 0 Å². The first-order valence-corrected chi connectivity index (χ1v) is 8.00. The lowest BCUT2D eigenvalue weighted by molar-refractivity contribution is 0.173. The van der Waals surface area contributed by atoms with Crippen LogP contribution in [0.25, 0.3) is 0 Å². The van der Waals surface area contributed by atoms with Gasteiger partial charge in [-0.15, -0.1) is 0 Å². The molecule has 4 nitrogen and oxygen atoms in total. The van der Waals surface area contributed by atoms with Gasteiger partial charge in [-0.2, -0.15) is 0 Å². The van der Waals surface area contributed by atoms with E-state index in [2.05, 4.69) is 53.1 Å². The summed E-state index contributed by atoms with van der Waals surface area (Å²) in [6, 6.07) is 8.40. The first-order valence-electron chi connectivity index (χ1n) is 8.00. The topological polar surface area (TPSA) is 30.0 Å². The largest absolute Gasteiger partial charge is 0.388 e. The van der Waals surface area contributed by atoms with E-state index in [1.54, 1.807) is 0 Å². The number of hydrogen-bond donors (Lipinski definition) is 1. The molecule has 4 heteroatoms. The van der Waals surface area contributed by atoms with Crippen molar-refractivity contribution in [3.05, 3.63) is 29.8 Å². The zero-order valence-corrected chi connectivity index (χ0v) is 13.6. The predicted octanol–water partition coefficient (Wildman–Crippen LogP) is 1.81. The fourth-order valence-corrected chi connectivity index (χ4v) is 2.71. The van der Waals surface area contributed by atoms with Crippen LogP contribution in [0.4, 0.5) is 5.69 Å². The molecule has 0 unspecified atom stereocenters. The van der Waals surface area contributed by atoms with Crippen molar-refractivity contribution in [2.75, 3.05) is 58.3 Å². The second-order valence-electron chi connectivity index (χ2n) is 6.15. The highest BCUT2D eigenvalue weighted by atomic mass is 16.3. The van der Waals surface area contributed by atoms with Gasteiger partial charge in [-0.25, -0.2) is 0 Å². The Balaban J connectivity index is 1.84. The van der Waals surface area contributed by atoms with Crippen molar-refractivity contribution in [1.82, 2.24) is 9.80 Å². The Morgan fingerprint density at radius 1 is 1.10 bits per heavy atom. The third-order valence-electron chi connectivity index (χ3n) is 4.27. The smallest absolute Gasteiger partial charge is 0.0787 e. The highest BCUT2D eigenvalue weighted by Gasteiger charge is 2.17. The van der Waals surface area contributed by atoms with Gasteiger partial charge in [-0.1, -0.05) is 19.1 Å². The van der Waals surface area contributed by atoms with Gasteiger partial charge in [0, 0.05) is 45.0 Å². The van der Waals surface area contributed by atoms with Gasteiger partial charge in [0.25, 0.3) is 0 Å². The first kappa shape index (κ1) is 16.3. The minimum atomic E-state index is -0.332. The van der Waals surface area contributed by atoms with Crippen LogP contribution in [0.2, 0.25) is 0 Å². The molecule has 1 fully saturated rings. The second-order valence-corrected chi connectivity index (χ2v) is 6.15. The number of rotatable bonds is 6. The van der Waals surface area contributed by atoms with Crippen molar-refractivity contribution in [2.45, 2.75) is 19.4 Å². The number of benzene rings is 1. The summed E-state index contributed by atoms with van der Waals surface area (Å²) in [5.74, 6) is 0. The average Bonchev–Trinajstić information content (AvgIpc) is 2.53. The fourth-order valence-electron chi connectivity index (χ4n) is 2.71. The van der Waals surface area contributed by atoms with E-state index < -0.39 is 0 Å². The van der Waals surface area contributed by atoms with Crippen molar-refractivity contribution in [3.8, 4) is 0 Å². The van der Waals surface area contributed by atoms with Crippen LogP contribution in [-0.2, 0) is 0 Å². The van der Waals surface area contributed by atoms with Crippen LogP contribution in [0, 0.1) is 0 Å². The minimum absolute atomic E-state index is 0.332. The van der Waals surface area contributed by atoms with Crippen molar-refractivity contribution < 1.29 is 5.11 Å². The van der Waals surface area contributed by atoms with E-state index in [0.717, 1.165) is 51.3 Å². The molecule has 1 aromatic rings. The lowest BCUT2D eigenvalue weighted by Gasteiger charge is -2.36. The molecule has 1 aliphatic heterocycles. The molecule has 2 rings (SSSR count). The minimum Gasteiger partial charge on any atom is -0.388 e. The molecule has 1 N–H and O–H groups in total. The summed E-state index contributed by atoms with van der Waals surface area (Å²) in [6.07, 6.45) is 0.436. The number of aliphatic hydroxyl groups excluding tert-OH is 1. The predicted molar refractivity (Wildman–Crippen MR) is 88.9 cm³/mol. The zero-order valence-electron chi connectivity index (χ0n) is 13.6. The Hall–Kier alpha value is -1.10. The third kappa shape index (κ3) is 4.70. The Bertz CT molecular complexity index is 411. The van der Waals surface area contributed by atoms with Crippen molar-refractivity contribution >= 4 is 5.69 Å². The molecule has 1 atom stereocenters. The highest BCUT2D eigenvalue weighted by molar-refractivity contribution is 5.48. The molecule has 0 bridgehead atoms. The van der Waals surface area contributed by atoms with Gasteiger partial charge in [-0.3, -0.25) is 4.90 Å². The standard InChI is InChI=1S/C17H29N3O/c1-4-17(21)15-5-7-16(8-6-15)20-13-11-19(12-14-20)10-9-18(2)3/h5-8,17,21H,4,9-14H2,1-3H3/t17-/m0/s1. The Morgan fingerprint density at radius 3 is 2.24 bits per heavy atom. The summed E-state index contributed by atoms with van der Waals surface area (Å²) in [6.45, 7) is 8.73. The van der Waals surface area contributed by atoms with Gasteiger partial charge < -0.3 is 14.9 Å². The van der Waals surface area contributed by atoms with Gasteiger partial charge >= 0.3 is 0 Å². The first-order chi connectivity index (χ1) is 10.1. The van der Waals surface area contributed by atoms with E-state index in [1.807, 2.05) is 6.92 Å². The summed E-state index contributed by atoms with van der Waals surface area (Å²) in [4.78, 5) is 7.21. The molecule has 0 radical (unpaired) electrons. The molecule has 1 heterocycles. The molecule has 0 aromatic heterocycles. The molecule has 118 valence electrons. The summed E-state index contributed by atoms with van der Waals surface area (Å²) in [7, 11) is 4.26. The van der Waals surface area contributed by atoms with E-state index >= 15 is 0 Å². The SMILES string of the molecule is CC[C@H](O)c1ccc(N2CCN(CCN(C)C)CC2)cc1. The van der Waals surface area contributed by atoms with Crippen molar-refractivity contribution in [2.24, 2.45) is 0 Å². The van der Waals surface area contributed by atoms with Crippen LogP contribution in [0.1, 0.15) is 25.0 Å². The number of aliphatic hydroxyl groups is 1. The van der Waals surface area contributed by atoms with Crippen LogP contribution in [0.3, 0.4) is 0 Å². The van der Waals surface area contributed by atoms with Crippen LogP contribution >= 0.6 is 0 Å². The number of hydrogen-bond acceptors (Lipinski definition) is 4. The van der Waals surface area contributed by atoms with Gasteiger partial charge in [0.15, 0.2) is 0 Å². The van der Waals surface area contributed by atoms with Gasteiger partial charge in [0.05, 0.1) is 6.10 Å². The van der Waals surface area contributed by atoms with Crippen LogP contribution in [0.15, 0.2) is 24.3 Å². The molecule has 0 spiro atoms. The van der Waals surface area contributed by atoms with E-state index in [0.29, 0.717) is 0 Å². The molecular weight excluding hydrogens is 262 g/mol. The molecule has 1 aromatic carbocycles. The average molecular weight is 291 g/mol. The van der Waals surface area contributed by atoms with E-state index in [4.69, 9.17) is 0 Å². The quantitative estimate of drug-likeness (QED) is 0.866. The number of piperazine rings is 1. The summed E-state index contributed by atoms with van der Waals surface area (Å²) in [5.41, 5.74) is 2.29. The molecule has 0 amide bonds. The van der Waals surface area contributed by atoms with E-state index in [-0.39, 0.29) is 6.10 Å².